The van der Waals surface area contributed by atoms with Crippen LogP contribution in [0.2, 0.25) is 0 Å². The van der Waals surface area contributed by atoms with E-state index in [-0.39, 0.29) is 41.5 Å². The first-order valence-corrected chi connectivity index (χ1v) is 12.5. The molecular weight excluding hydrogens is 500 g/mol. The molecule has 6 rings (SSSR count). The summed E-state index contributed by atoms with van der Waals surface area (Å²) in [6.07, 6.45) is -1.80. The number of carboxylic acid groups (broad SMARTS) is 1. The molecule has 1 N–H and O–H groups in total. The van der Waals surface area contributed by atoms with Gasteiger partial charge in [0.2, 0.25) is 5.88 Å². The van der Waals surface area contributed by atoms with E-state index in [0.29, 0.717) is 29.8 Å². The fourth-order valence-corrected chi connectivity index (χ4v) is 6.51. The highest BCUT2D eigenvalue weighted by Gasteiger charge is 2.60. The number of ether oxygens (including phenoxy) is 1. The molecule has 0 spiro atoms. The van der Waals surface area contributed by atoms with Gasteiger partial charge in [0.1, 0.15) is 12.4 Å². The van der Waals surface area contributed by atoms with Crippen molar-refractivity contribution in [3.63, 3.8) is 0 Å². The number of carbonyl (C=O) groups is 1. The molecule has 9 heteroatoms. The molecule has 0 radical (unpaired) electrons. The van der Waals surface area contributed by atoms with Crippen LogP contribution in [-0.2, 0) is 24.0 Å². The van der Waals surface area contributed by atoms with Crippen LogP contribution < -0.4 is 4.74 Å². The van der Waals surface area contributed by atoms with Crippen LogP contribution in [0.5, 0.6) is 5.88 Å². The minimum atomic E-state index is -4.50. The zero-order valence-electron chi connectivity index (χ0n) is 20.8. The van der Waals surface area contributed by atoms with Crippen LogP contribution in [0.15, 0.2) is 48.7 Å². The summed E-state index contributed by atoms with van der Waals surface area (Å²) in [6.45, 7) is -0.129. The Morgan fingerprint density at radius 3 is 2.58 bits per heavy atom. The zero-order valence-corrected chi connectivity index (χ0v) is 20.8. The average Bonchev–Trinajstić information content (AvgIpc) is 3.27. The minimum Gasteiger partial charge on any atom is -0.481 e. The SMILES string of the molecule is CN(C)[C@H]1C[C@H](c2ccccc2C(F)(F)F)c2cc(COc3cc4c(cn3)[C@H]3[C@@H](C4)[C@@H]3C(=O)O)c(F)cc21. The second kappa shape index (κ2) is 8.80. The molecule has 0 unspecified atom stereocenters. The van der Waals surface area contributed by atoms with Crippen LogP contribution in [0.25, 0.3) is 0 Å². The number of benzene rings is 2. The fraction of sp³-hybridized carbons (Fsp3) is 0.379. The number of nitrogens with zero attached hydrogens (tertiary/aromatic N) is 2. The molecule has 198 valence electrons. The Morgan fingerprint density at radius 2 is 1.87 bits per heavy atom. The Morgan fingerprint density at radius 1 is 1.11 bits per heavy atom. The van der Waals surface area contributed by atoms with E-state index < -0.39 is 29.4 Å². The predicted molar refractivity (Wildman–Crippen MR) is 130 cm³/mol. The van der Waals surface area contributed by atoms with Crippen molar-refractivity contribution in [2.75, 3.05) is 14.1 Å². The summed E-state index contributed by atoms with van der Waals surface area (Å²) in [5.41, 5.74) is 3.02. The van der Waals surface area contributed by atoms with Crippen molar-refractivity contribution in [3.05, 3.63) is 93.4 Å². The van der Waals surface area contributed by atoms with Crippen molar-refractivity contribution < 1.29 is 32.2 Å². The van der Waals surface area contributed by atoms with Crippen LogP contribution in [0.4, 0.5) is 17.6 Å². The highest BCUT2D eigenvalue weighted by molar-refractivity contribution is 5.77. The van der Waals surface area contributed by atoms with E-state index in [1.165, 1.54) is 18.2 Å². The highest BCUT2D eigenvalue weighted by Crippen LogP contribution is 2.61. The molecule has 0 amide bonds. The lowest BCUT2D eigenvalue weighted by molar-refractivity contribution is -0.139. The Kier molecular flexibility index (Phi) is 5.75. The Labute approximate surface area is 217 Å². The van der Waals surface area contributed by atoms with Gasteiger partial charge >= 0.3 is 12.1 Å². The number of fused-ring (bicyclic) bond motifs is 4. The van der Waals surface area contributed by atoms with Gasteiger partial charge in [-0.3, -0.25) is 4.79 Å². The van der Waals surface area contributed by atoms with Crippen molar-refractivity contribution in [2.24, 2.45) is 11.8 Å². The molecule has 0 bridgehead atoms. The normalized spacial score (nSPS) is 25.2. The predicted octanol–water partition coefficient (Wildman–Crippen LogP) is 5.93. The van der Waals surface area contributed by atoms with Gasteiger partial charge in [0.15, 0.2) is 0 Å². The van der Waals surface area contributed by atoms with Gasteiger partial charge in [-0.2, -0.15) is 13.2 Å². The van der Waals surface area contributed by atoms with Crippen LogP contribution in [0.1, 0.15) is 63.2 Å². The molecule has 1 saturated carbocycles. The van der Waals surface area contributed by atoms with Gasteiger partial charge in [0, 0.05) is 35.7 Å². The molecule has 1 heterocycles. The number of alkyl halides is 3. The largest absolute Gasteiger partial charge is 0.481 e. The molecule has 1 fully saturated rings. The molecule has 3 aromatic rings. The van der Waals surface area contributed by atoms with Crippen molar-refractivity contribution in [1.29, 1.82) is 0 Å². The first-order valence-electron chi connectivity index (χ1n) is 12.5. The maximum absolute atomic E-state index is 15.2. The number of aromatic nitrogens is 1. The number of aliphatic carboxylic acids is 1. The third-order valence-electron chi connectivity index (χ3n) is 8.35. The van der Waals surface area contributed by atoms with Crippen LogP contribution >= 0.6 is 0 Å². The number of halogens is 4. The van der Waals surface area contributed by atoms with E-state index >= 15 is 4.39 Å². The maximum Gasteiger partial charge on any atom is 0.416 e. The monoisotopic (exact) mass is 526 g/mol. The van der Waals surface area contributed by atoms with Gasteiger partial charge in [0.25, 0.3) is 0 Å². The average molecular weight is 527 g/mol. The molecule has 0 aliphatic heterocycles. The van der Waals surface area contributed by atoms with Crippen LogP contribution in [-0.4, -0.2) is 35.1 Å². The van der Waals surface area contributed by atoms with E-state index in [1.54, 1.807) is 24.4 Å². The molecule has 1 aromatic heterocycles. The Bertz CT molecular complexity index is 1440. The van der Waals surface area contributed by atoms with Gasteiger partial charge in [-0.15, -0.1) is 0 Å². The fourth-order valence-electron chi connectivity index (χ4n) is 6.51. The van der Waals surface area contributed by atoms with Gasteiger partial charge in [-0.05, 0) is 78.9 Å². The smallest absolute Gasteiger partial charge is 0.416 e. The third-order valence-corrected chi connectivity index (χ3v) is 8.35. The number of carboxylic acids is 1. The van der Waals surface area contributed by atoms with Crippen LogP contribution in [0.3, 0.4) is 0 Å². The minimum absolute atomic E-state index is 0.000595. The summed E-state index contributed by atoms with van der Waals surface area (Å²) in [6, 6.07) is 10.2. The first kappa shape index (κ1) is 24.9. The molecule has 3 aliphatic carbocycles. The molecule has 5 nitrogen and oxygen atoms in total. The first-order chi connectivity index (χ1) is 18.0. The molecule has 3 aliphatic rings. The summed E-state index contributed by atoms with van der Waals surface area (Å²) in [4.78, 5) is 17.5. The maximum atomic E-state index is 15.2. The summed E-state index contributed by atoms with van der Waals surface area (Å²) in [5.74, 6) is -1.76. The molecular formula is C29H26F4N2O3. The summed E-state index contributed by atoms with van der Waals surface area (Å²) >= 11 is 0. The second-order valence-corrected chi connectivity index (χ2v) is 10.7. The summed E-state index contributed by atoms with van der Waals surface area (Å²) in [7, 11) is 3.67. The van der Waals surface area contributed by atoms with Gasteiger partial charge in [0.05, 0.1) is 11.5 Å². The number of rotatable bonds is 6. The van der Waals surface area contributed by atoms with Gasteiger partial charge in [-0.1, -0.05) is 18.2 Å². The number of hydrogen-bond donors (Lipinski definition) is 1. The Balaban J connectivity index is 1.28. The number of hydrogen-bond acceptors (Lipinski definition) is 4. The van der Waals surface area contributed by atoms with Crippen molar-refractivity contribution in [1.82, 2.24) is 9.88 Å². The van der Waals surface area contributed by atoms with Crippen LogP contribution in [0, 0.1) is 17.7 Å². The van der Waals surface area contributed by atoms with E-state index in [0.717, 1.165) is 17.2 Å². The Hall–Kier alpha value is -3.46. The zero-order chi connectivity index (χ0) is 26.9. The van der Waals surface area contributed by atoms with E-state index in [1.807, 2.05) is 19.0 Å². The van der Waals surface area contributed by atoms with Crippen molar-refractivity contribution >= 4 is 5.97 Å². The number of pyridine rings is 1. The topological polar surface area (TPSA) is 62.7 Å². The summed E-state index contributed by atoms with van der Waals surface area (Å²) < 4.78 is 62.6. The van der Waals surface area contributed by atoms with E-state index in [4.69, 9.17) is 4.74 Å². The van der Waals surface area contributed by atoms with E-state index in [9.17, 15) is 23.1 Å². The molecule has 5 atom stereocenters. The molecule has 38 heavy (non-hydrogen) atoms. The van der Waals surface area contributed by atoms with Crippen molar-refractivity contribution in [3.8, 4) is 5.88 Å². The molecule has 2 aromatic carbocycles. The lowest BCUT2D eigenvalue weighted by atomic mass is 9.88. The lowest BCUT2D eigenvalue weighted by Gasteiger charge is -2.21. The quantitative estimate of drug-likeness (QED) is 0.404. The lowest BCUT2D eigenvalue weighted by Crippen LogP contribution is -2.18. The van der Waals surface area contributed by atoms with Gasteiger partial charge < -0.3 is 14.7 Å². The molecule has 0 saturated heterocycles. The van der Waals surface area contributed by atoms with Gasteiger partial charge in [-0.25, -0.2) is 9.37 Å². The summed E-state index contributed by atoms with van der Waals surface area (Å²) in [5, 5.41) is 9.30. The van der Waals surface area contributed by atoms with E-state index in [2.05, 4.69) is 4.98 Å². The highest BCUT2D eigenvalue weighted by atomic mass is 19.4. The standard InChI is InChI=1S/C29H26F4N2O3/c1-35(2)24-11-18(16-5-3-4-6-22(16)29(31,32)33)17-8-15(23(30)10-19(17)24)13-38-25-9-14-7-20-26(21(14)12-34-25)27(20)28(36)37/h3-6,8-10,12,18,20,24,26-27H,7,11,13H2,1-2H3,(H,36,37)/t18-,20-,24+,26-,27+/m1/s1. The second-order valence-electron chi connectivity index (χ2n) is 10.7. The van der Waals surface area contributed by atoms with Crippen molar-refractivity contribution in [2.45, 2.75) is 43.5 Å². The third kappa shape index (κ3) is 4.04.